The van der Waals surface area contributed by atoms with Gasteiger partial charge in [-0.15, -0.1) is 0 Å². The molecule has 1 fully saturated rings. The number of hydrogen-bond acceptors (Lipinski definition) is 5. The quantitative estimate of drug-likeness (QED) is 0.682. The van der Waals surface area contributed by atoms with Crippen molar-refractivity contribution in [3.63, 3.8) is 0 Å². The summed E-state index contributed by atoms with van der Waals surface area (Å²) in [4.78, 5) is 10.2. The number of non-ortho nitro benzene ring substituents is 1. The van der Waals surface area contributed by atoms with Gasteiger partial charge in [-0.2, -0.15) is 5.26 Å². The minimum absolute atomic E-state index is 0.0717. The van der Waals surface area contributed by atoms with Crippen LogP contribution in [0.1, 0.15) is 25.7 Å². The number of nitriles is 1. The van der Waals surface area contributed by atoms with Crippen LogP contribution in [0.2, 0.25) is 5.02 Å². The van der Waals surface area contributed by atoms with Gasteiger partial charge in [0.1, 0.15) is 17.4 Å². The fourth-order valence-corrected chi connectivity index (χ4v) is 2.81. The molecule has 0 bridgehead atoms. The van der Waals surface area contributed by atoms with E-state index >= 15 is 0 Å². The normalized spacial score (nSPS) is 25.1. The van der Waals surface area contributed by atoms with Gasteiger partial charge in [0.15, 0.2) is 0 Å². The Bertz CT molecular complexity index is 587. The van der Waals surface area contributed by atoms with Crippen molar-refractivity contribution in [1.29, 1.82) is 5.26 Å². The maximum absolute atomic E-state index is 10.7. The fourth-order valence-electron chi connectivity index (χ4n) is 2.59. The zero-order valence-corrected chi connectivity index (χ0v) is 12.4. The van der Waals surface area contributed by atoms with Crippen LogP contribution in [-0.2, 0) is 0 Å². The minimum Gasteiger partial charge on any atom is -0.489 e. The lowest BCUT2D eigenvalue weighted by Crippen LogP contribution is -2.48. The van der Waals surface area contributed by atoms with E-state index in [0.717, 1.165) is 19.3 Å². The molecule has 0 radical (unpaired) electrons. The molecule has 1 aromatic carbocycles. The molecule has 1 aliphatic carbocycles. The lowest BCUT2D eigenvalue weighted by atomic mass is 9.81. The van der Waals surface area contributed by atoms with Gasteiger partial charge in [-0.1, -0.05) is 11.6 Å². The van der Waals surface area contributed by atoms with E-state index in [9.17, 15) is 15.4 Å². The first-order chi connectivity index (χ1) is 9.99. The Morgan fingerprint density at radius 3 is 2.95 bits per heavy atom. The van der Waals surface area contributed by atoms with E-state index in [1.165, 1.54) is 18.2 Å². The molecule has 1 aromatic rings. The number of rotatable bonds is 4. The zero-order valence-electron chi connectivity index (χ0n) is 11.6. The summed E-state index contributed by atoms with van der Waals surface area (Å²) in [6, 6.07) is 6.44. The van der Waals surface area contributed by atoms with Gasteiger partial charge >= 0.3 is 0 Å². The molecule has 112 valence electrons. The maximum Gasteiger partial charge on any atom is 0.271 e. The van der Waals surface area contributed by atoms with Crippen LogP contribution in [0.15, 0.2) is 18.2 Å². The Balaban J connectivity index is 2.12. The monoisotopic (exact) mass is 309 g/mol. The van der Waals surface area contributed by atoms with Gasteiger partial charge in [0, 0.05) is 18.6 Å². The third kappa shape index (κ3) is 3.43. The molecule has 21 heavy (non-hydrogen) atoms. The van der Waals surface area contributed by atoms with Gasteiger partial charge < -0.3 is 10.1 Å². The van der Waals surface area contributed by atoms with E-state index in [-0.39, 0.29) is 16.8 Å². The zero-order chi connectivity index (χ0) is 15.5. The van der Waals surface area contributed by atoms with Crippen LogP contribution in [0.25, 0.3) is 0 Å². The fraction of sp³-hybridized carbons (Fsp3) is 0.500. The van der Waals surface area contributed by atoms with E-state index < -0.39 is 10.5 Å². The van der Waals surface area contributed by atoms with E-state index in [0.29, 0.717) is 12.2 Å². The largest absolute Gasteiger partial charge is 0.489 e. The molecule has 2 unspecified atom stereocenters. The number of hydrogen-bond donors (Lipinski definition) is 1. The van der Waals surface area contributed by atoms with Crippen molar-refractivity contribution in [2.45, 2.75) is 37.3 Å². The lowest BCUT2D eigenvalue weighted by Gasteiger charge is -2.35. The SMILES string of the molecule is CNC1(C#N)CCCC(Oc2ccc([N+](=O)[O-])cc2Cl)C1. The molecular formula is C14H16ClN3O3. The van der Waals surface area contributed by atoms with Gasteiger partial charge in [-0.25, -0.2) is 0 Å². The van der Waals surface area contributed by atoms with Crippen molar-refractivity contribution < 1.29 is 9.66 Å². The standard InChI is InChI=1S/C14H16ClN3O3/c1-17-14(9-16)6-2-3-11(8-14)21-13-5-4-10(18(19)20)7-12(13)15/h4-5,7,11,17H,2-3,6,8H2,1H3. The molecule has 0 aliphatic heterocycles. The van der Waals surface area contributed by atoms with E-state index in [1.807, 2.05) is 0 Å². The summed E-state index contributed by atoms with van der Waals surface area (Å²) in [6.07, 6.45) is 2.92. The first-order valence-electron chi connectivity index (χ1n) is 6.70. The molecule has 7 heteroatoms. The topological polar surface area (TPSA) is 88.2 Å². The summed E-state index contributed by atoms with van der Waals surface area (Å²) < 4.78 is 5.83. The van der Waals surface area contributed by atoms with Crippen molar-refractivity contribution in [3.05, 3.63) is 33.3 Å². The average molecular weight is 310 g/mol. The molecule has 6 nitrogen and oxygen atoms in total. The Labute approximate surface area is 127 Å². The second-order valence-corrected chi connectivity index (χ2v) is 5.56. The molecule has 1 N–H and O–H groups in total. The number of halogens is 1. The van der Waals surface area contributed by atoms with Gasteiger partial charge in [0.2, 0.25) is 0 Å². The Kier molecular flexibility index (Phi) is 4.66. The highest BCUT2D eigenvalue weighted by atomic mass is 35.5. The van der Waals surface area contributed by atoms with Crippen LogP contribution in [0.3, 0.4) is 0 Å². The first-order valence-corrected chi connectivity index (χ1v) is 7.08. The molecule has 0 heterocycles. The van der Waals surface area contributed by atoms with Crippen LogP contribution in [0, 0.1) is 21.4 Å². The predicted octanol–water partition coefficient (Wildman–Crippen LogP) is 3.05. The molecule has 0 spiro atoms. The number of nitrogens with zero attached hydrogens (tertiary/aromatic N) is 2. The van der Waals surface area contributed by atoms with E-state index in [4.69, 9.17) is 16.3 Å². The highest BCUT2D eigenvalue weighted by Gasteiger charge is 2.36. The number of ether oxygens (including phenoxy) is 1. The van der Waals surface area contributed by atoms with Crippen molar-refractivity contribution >= 4 is 17.3 Å². The smallest absolute Gasteiger partial charge is 0.271 e. The maximum atomic E-state index is 10.7. The third-order valence-corrected chi connectivity index (χ3v) is 4.11. The Morgan fingerprint density at radius 1 is 1.62 bits per heavy atom. The molecular weight excluding hydrogens is 294 g/mol. The number of benzene rings is 1. The minimum atomic E-state index is -0.573. The Morgan fingerprint density at radius 2 is 2.38 bits per heavy atom. The molecule has 1 saturated carbocycles. The number of nitro benzene ring substituents is 1. The summed E-state index contributed by atoms with van der Waals surface area (Å²) in [7, 11) is 1.77. The van der Waals surface area contributed by atoms with Crippen LogP contribution in [0.4, 0.5) is 5.69 Å². The second kappa shape index (κ2) is 6.29. The van der Waals surface area contributed by atoms with Gasteiger partial charge in [-0.3, -0.25) is 10.1 Å². The summed E-state index contributed by atoms with van der Waals surface area (Å²) >= 11 is 6.02. The molecule has 0 saturated heterocycles. The average Bonchev–Trinajstić information content (AvgIpc) is 2.49. The summed E-state index contributed by atoms with van der Waals surface area (Å²) in [5.41, 5.74) is -0.645. The summed E-state index contributed by atoms with van der Waals surface area (Å²) in [6.45, 7) is 0. The number of nitro groups is 1. The van der Waals surface area contributed by atoms with Crippen LogP contribution in [-0.4, -0.2) is 23.6 Å². The number of nitrogens with one attached hydrogen (secondary N) is 1. The summed E-state index contributed by atoms with van der Waals surface area (Å²) in [5.74, 6) is 0.414. The van der Waals surface area contributed by atoms with Gasteiger partial charge in [-0.05, 0) is 32.4 Å². The van der Waals surface area contributed by atoms with E-state index in [2.05, 4.69) is 11.4 Å². The van der Waals surface area contributed by atoms with Crippen LogP contribution in [0.5, 0.6) is 5.75 Å². The van der Waals surface area contributed by atoms with Crippen molar-refractivity contribution in [3.8, 4) is 11.8 Å². The Hall–Kier alpha value is -1.84. The molecule has 2 atom stereocenters. The second-order valence-electron chi connectivity index (χ2n) is 5.15. The van der Waals surface area contributed by atoms with Crippen molar-refractivity contribution in [2.75, 3.05) is 7.05 Å². The van der Waals surface area contributed by atoms with Crippen molar-refractivity contribution in [1.82, 2.24) is 5.32 Å². The van der Waals surface area contributed by atoms with Crippen LogP contribution < -0.4 is 10.1 Å². The first kappa shape index (κ1) is 15.5. The molecule has 0 amide bonds. The molecule has 2 rings (SSSR count). The molecule has 0 aromatic heterocycles. The van der Waals surface area contributed by atoms with Gasteiger partial charge in [0.25, 0.3) is 5.69 Å². The molecule has 1 aliphatic rings. The highest BCUT2D eigenvalue weighted by Crippen LogP contribution is 2.34. The van der Waals surface area contributed by atoms with Crippen LogP contribution >= 0.6 is 11.6 Å². The van der Waals surface area contributed by atoms with Crippen molar-refractivity contribution in [2.24, 2.45) is 0 Å². The third-order valence-electron chi connectivity index (χ3n) is 3.82. The highest BCUT2D eigenvalue weighted by molar-refractivity contribution is 6.32. The predicted molar refractivity (Wildman–Crippen MR) is 78.4 cm³/mol. The summed E-state index contributed by atoms with van der Waals surface area (Å²) in [5, 5.41) is 23.3. The lowest BCUT2D eigenvalue weighted by molar-refractivity contribution is -0.384. The van der Waals surface area contributed by atoms with E-state index in [1.54, 1.807) is 7.05 Å². The van der Waals surface area contributed by atoms with Gasteiger partial charge in [0.05, 0.1) is 16.0 Å².